The van der Waals surface area contributed by atoms with E-state index < -0.39 is 0 Å². The molecule has 2 saturated carbocycles. The number of carbonyl (C=O) groups is 1. The van der Waals surface area contributed by atoms with Crippen LogP contribution < -0.4 is 0 Å². The molecule has 2 aliphatic rings. The summed E-state index contributed by atoms with van der Waals surface area (Å²) in [6.07, 6.45) is 6.43. The maximum atomic E-state index is 10.9. The molecule has 0 N–H and O–H groups in total. The van der Waals surface area contributed by atoms with E-state index in [2.05, 4.69) is 6.92 Å². The summed E-state index contributed by atoms with van der Waals surface area (Å²) in [7, 11) is 0. The number of ether oxygens (including phenoxy) is 1. The molecule has 2 heteroatoms. The number of hydrogen-bond donors (Lipinski definition) is 0. The lowest BCUT2D eigenvalue weighted by Crippen LogP contribution is -2.33. The fraction of sp³-hybridized carbons (Fsp3) is 0.909. The molecule has 0 aromatic heterocycles. The van der Waals surface area contributed by atoms with Crippen LogP contribution in [0.4, 0.5) is 0 Å². The van der Waals surface area contributed by atoms with E-state index in [1.807, 2.05) is 0 Å². The zero-order valence-electron chi connectivity index (χ0n) is 8.51. The third-order valence-corrected chi connectivity index (χ3v) is 3.99. The zero-order valence-corrected chi connectivity index (χ0v) is 8.51. The Hall–Kier alpha value is -0.530. The van der Waals surface area contributed by atoms with Crippen LogP contribution in [0.15, 0.2) is 0 Å². The lowest BCUT2D eigenvalue weighted by molar-refractivity contribution is -0.153. The molecule has 0 aromatic carbocycles. The summed E-state index contributed by atoms with van der Waals surface area (Å²) in [4.78, 5) is 10.9. The molecule has 2 rings (SSSR count). The second-order valence-corrected chi connectivity index (χ2v) is 4.66. The van der Waals surface area contributed by atoms with Gasteiger partial charge in [0.15, 0.2) is 0 Å². The van der Waals surface area contributed by atoms with Gasteiger partial charge in [0.25, 0.3) is 0 Å². The Morgan fingerprint density at radius 1 is 1.62 bits per heavy atom. The first-order valence-corrected chi connectivity index (χ1v) is 5.33. The van der Waals surface area contributed by atoms with E-state index in [4.69, 9.17) is 4.74 Å². The highest BCUT2D eigenvalue weighted by molar-refractivity contribution is 5.66. The minimum atomic E-state index is -0.106. The highest BCUT2D eigenvalue weighted by atomic mass is 16.5. The first kappa shape index (κ1) is 9.04. The molecular weight excluding hydrogens is 164 g/mol. The van der Waals surface area contributed by atoms with Crippen LogP contribution in [-0.4, -0.2) is 12.1 Å². The van der Waals surface area contributed by atoms with E-state index in [9.17, 15) is 4.79 Å². The quantitative estimate of drug-likeness (QED) is 0.613. The summed E-state index contributed by atoms with van der Waals surface area (Å²) in [5, 5.41) is 0. The van der Waals surface area contributed by atoms with E-state index in [1.54, 1.807) is 0 Å². The molecule has 0 unspecified atom stereocenters. The second-order valence-electron chi connectivity index (χ2n) is 4.66. The Kier molecular flexibility index (Phi) is 2.09. The Morgan fingerprint density at radius 3 is 2.92 bits per heavy atom. The van der Waals surface area contributed by atoms with Crippen molar-refractivity contribution in [3.05, 3.63) is 0 Å². The molecule has 0 radical (unpaired) electrons. The first-order chi connectivity index (χ1) is 6.16. The minimum absolute atomic E-state index is 0.106. The smallest absolute Gasteiger partial charge is 0.302 e. The first-order valence-electron chi connectivity index (χ1n) is 5.33. The summed E-state index contributed by atoms with van der Waals surface area (Å²) >= 11 is 0. The van der Waals surface area contributed by atoms with Crippen molar-refractivity contribution in [3.8, 4) is 0 Å². The van der Waals surface area contributed by atoms with Gasteiger partial charge in [-0.05, 0) is 38.0 Å². The molecule has 0 heterocycles. The van der Waals surface area contributed by atoms with Crippen LogP contribution in [0.3, 0.4) is 0 Å². The van der Waals surface area contributed by atoms with Crippen LogP contribution in [0.5, 0.6) is 0 Å². The third-order valence-electron chi connectivity index (χ3n) is 3.99. The fourth-order valence-electron chi connectivity index (χ4n) is 3.24. The van der Waals surface area contributed by atoms with Gasteiger partial charge in [-0.3, -0.25) is 4.79 Å². The molecule has 0 amide bonds. The molecular formula is C11H18O2. The normalized spacial score (nSPS) is 42.3. The predicted octanol–water partition coefficient (Wildman–Crippen LogP) is 2.52. The topological polar surface area (TPSA) is 26.3 Å². The van der Waals surface area contributed by atoms with Crippen molar-refractivity contribution in [2.45, 2.75) is 52.1 Å². The minimum Gasteiger partial charge on any atom is -0.462 e. The predicted molar refractivity (Wildman–Crippen MR) is 50.2 cm³/mol. The van der Waals surface area contributed by atoms with Gasteiger partial charge in [0.05, 0.1) is 0 Å². The highest BCUT2D eigenvalue weighted by Crippen LogP contribution is 2.57. The monoisotopic (exact) mass is 182 g/mol. The zero-order chi connectivity index (χ0) is 9.47. The van der Waals surface area contributed by atoms with E-state index >= 15 is 0 Å². The maximum Gasteiger partial charge on any atom is 0.302 e. The summed E-state index contributed by atoms with van der Waals surface area (Å²) in [6, 6.07) is 0. The lowest BCUT2D eigenvalue weighted by atomic mass is 9.79. The third kappa shape index (κ3) is 1.36. The van der Waals surface area contributed by atoms with Crippen molar-refractivity contribution in [2.24, 2.45) is 11.3 Å². The molecule has 2 fully saturated rings. The Morgan fingerprint density at radius 2 is 2.38 bits per heavy atom. The van der Waals surface area contributed by atoms with Crippen molar-refractivity contribution < 1.29 is 9.53 Å². The molecule has 0 aromatic rings. The Balaban J connectivity index is 2.08. The largest absolute Gasteiger partial charge is 0.462 e. The number of hydrogen-bond acceptors (Lipinski definition) is 2. The molecule has 0 saturated heterocycles. The molecule has 0 aliphatic heterocycles. The summed E-state index contributed by atoms with van der Waals surface area (Å²) in [5.74, 6) is 0.731. The van der Waals surface area contributed by atoms with Gasteiger partial charge in [0, 0.05) is 12.3 Å². The van der Waals surface area contributed by atoms with Crippen molar-refractivity contribution in [3.63, 3.8) is 0 Å². The molecule has 3 atom stereocenters. The van der Waals surface area contributed by atoms with Crippen LogP contribution in [0.1, 0.15) is 46.0 Å². The van der Waals surface area contributed by atoms with Crippen LogP contribution in [0.2, 0.25) is 0 Å². The lowest BCUT2D eigenvalue weighted by Gasteiger charge is -2.33. The fourth-order valence-corrected chi connectivity index (χ4v) is 3.24. The molecule has 0 spiro atoms. The number of rotatable bonds is 2. The molecule has 2 aliphatic carbocycles. The van der Waals surface area contributed by atoms with Gasteiger partial charge >= 0.3 is 5.97 Å². The van der Waals surface area contributed by atoms with Gasteiger partial charge in [0.1, 0.15) is 6.10 Å². The SMILES string of the molecule is CC[C@]12CC[C@H](C[C@H]1OC(C)=O)C2. The average molecular weight is 182 g/mol. The second kappa shape index (κ2) is 3.00. The van der Waals surface area contributed by atoms with Crippen LogP contribution in [-0.2, 0) is 9.53 Å². The van der Waals surface area contributed by atoms with Crippen molar-refractivity contribution in [1.82, 2.24) is 0 Å². The van der Waals surface area contributed by atoms with Gasteiger partial charge in [-0.15, -0.1) is 0 Å². The van der Waals surface area contributed by atoms with E-state index in [0.29, 0.717) is 5.41 Å². The van der Waals surface area contributed by atoms with Gasteiger partial charge < -0.3 is 4.74 Å². The maximum absolute atomic E-state index is 10.9. The van der Waals surface area contributed by atoms with Gasteiger partial charge in [-0.25, -0.2) is 0 Å². The van der Waals surface area contributed by atoms with Crippen molar-refractivity contribution in [1.29, 1.82) is 0 Å². The number of carbonyl (C=O) groups excluding carboxylic acids is 1. The van der Waals surface area contributed by atoms with Gasteiger partial charge in [0.2, 0.25) is 0 Å². The van der Waals surface area contributed by atoms with E-state index in [1.165, 1.54) is 32.6 Å². The van der Waals surface area contributed by atoms with Gasteiger partial charge in [-0.2, -0.15) is 0 Å². The van der Waals surface area contributed by atoms with E-state index in [-0.39, 0.29) is 12.1 Å². The Bertz CT molecular complexity index is 224. The summed E-state index contributed by atoms with van der Waals surface area (Å²) < 4.78 is 5.40. The standard InChI is InChI=1S/C11H18O2/c1-3-11-5-4-9(7-11)6-10(11)13-8(2)12/h9-10H,3-7H2,1-2H3/t9-,10-,11-/m1/s1. The number of esters is 1. The van der Waals surface area contributed by atoms with Crippen LogP contribution in [0, 0.1) is 11.3 Å². The van der Waals surface area contributed by atoms with Crippen LogP contribution in [0.25, 0.3) is 0 Å². The van der Waals surface area contributed by atoms with Crippen molar-refractivity contribution >= 4 is 5.97 Å². The Labute approximate surface area is 79.7 Å². The summed E-state index contributed by atoms with van der Waals surface area (Å²) in [5.41, 5.74) is 0.357. The molecule has 74 valence electrons. The average Bonchev–Trinajstić information content (AvgIpc) is 2.60. The highest BCUT2D eigenvalue weighted by Gasteiger charge is 2.52. The molecule has 13 heavy (non-hydrogen) atoms. The van der Waals surface area contributed by atoms with Gasteiger partial charge in [-0.1, -0.05) is 6.92 Å². The van der Waals surface area contributed by atoms with E-state index in [0.717, 1.165) is 12.3 Å². The molecule has 2 nitrogen and oxygen atoms in total. The molecule has 2 bridgehead atoms. The summed E-state index contributed by atoms with van der Waals surface area (Å²) in [6.45, 7) is 3.75. The number of fused-ring (bicyclic) bond motifs is 2. The van der Waals surface area contributed by atoms with Crippen molar-refractivity contribution in [2.75, 3.05) is 0 Å². The van der Waals surface area contributed by atoms with Crippen LogP contribution >= 0.6 is 0 Å².